The number of aliphatic hydroxyl groups excluding tert-OH is 1. The van der Waals surface area contributed by atoms with Gasteiger partial charge in [0, 0.05) is 25.6 Å². The summed E-state index contributed by atoms with van der Waals surface area (Å²) in [5, 5.41) is 8.69. The van der Waals surface area contributed by atoms with Crippen LogP contribution in [0.25, 0.3) is 0 Å². The Kier molecular flexibility index (Phi) is 4.18. The minimum absolute atomic E-state index is 0.0666. The van der Waals surface area contributed by atoms with Crippen molar-refractivity contribution in [1.82, 2.24) is 4.90 Å². The highest BCUT2D eigenvalue weighted by Crippen LogP contribution is 2.08. The first-order chi connectivity index (χ1) is 6.25. The molecular weight excluding hydrogens is 170 g/mol. The normalized spacial score (nSPS) is 20.0. The monoisotopic (exact) mass is 187 g/mol. The first-order valence-corrected chi connectivity index (χ1v) is 4.73. The van der Waals surface area contributed by atoms with Gasteiger partial charge >= 0.3 is 0 Å². The van der Waals surface area contributed by atoms with Gasteiger partial charge in [-0.1, -0.05) is 6.92 Å². The molecule has 0 radical (unpaired) electrons. The van der Waals surface area contributed by atoms with Crippen molar-refractivity contribution in [2.45, 2.75) is 13.3 Å². The smallest absolute Gasteiger partial charge is 0.225 e. The van der Waals surface area contributed by atoms with Gasteiger partial charge in [-0.05, 0) is 6.42 Å². The zero-order valence-corrected chi connectivity index (χ0v) is 8.03. The predicted molar refractivity (Wildman–Crippen MR) is 48.3 cm³/mol. The molecule has 0 bridgehead atoms. The van der Waals surface area contributed by atoms with E-state index in [9.17, 15) is 4.79 Å². The number of carbonyl (C=O) groups excluding carboxylic acids is 1. The molecule has 1 atom stereocenters. The molecule has 76 valence electrons. The molecule has 1 saturated heterocycles. The lowest BCUT2D eigenvalue weighted by Gasteiger charge is -2.29. The summed E-state index contributed by atoms with van der Waals surface area (Å²) < 4.78 is 5.15. The molecule has 0 aromatic rings. The van der Waals surface area contributed by atoms with Crippen molar-refractivity contribution in [3.63, 3.8) is 0 Å². The highest BCUT2D eigenvalue weighted by molar-refractivity contribution is 5.78. The summed E-state index contributed by atoms with van der Waals surface area (Å²) in [7, 11) is 0. The Hall–Kier alpha value is -0.610. The van der Waals surface area contributed by atoms with Gasteiger partial charge in [0.2, 0.25) is 5.91 Å². The highest BCUT2D eigenvalue weighted by atomic mass is 16.5. The van der Waals surface area contributed by atoms with Crippen molar-refractivity contribution in [3.8, 4) is 0 Å². The standard InChI is InChI=1S/C9H17NO3/c1-8(2-5-11)9(12)10-3-6-13-7-4-10/h8,11H,2-7H2,1H3. The summed E-state index contributed by atoms with van der Waals surface area (Å²) in [6.07, 6.45) is 0.552. The van der Waals surface area contributed by atoms with Crippen molar-refractivity contribution in [2.75, 3.05) is 32.9 Å². The average molecular weight is 187 g/mol. The van der Waals surface area contributed by atoms with Crippen molar-refractivity contribution in [3.05, 3.63) is 0 Å². The topological polar surface area (TPSA) is 49.8 Å². The fourth-order valence-electron chi connectivity index (χ4n) is 1.41. The van der Waals surface area contributed by atoms with Crippen LogP contribution in [-0.2, 0) is 9.53 Å². The molecule has 0 aromatic heterocycles. The third kappa shape index (κ3) is 2.97. The minimum Gasteiger partial charge on any atom is -0.396 e. The summed E-state index contributed by atoms with van der Waals surface area (Å²) >= 11 is 0. The van der Waals surface area contributed by atoms with Crippen LogP contribution in [0.1, 0.15) is 13.3 Å². The average Bonchev–Trinajstić information content (AvgIpc) is 2.18. The van der Waals surface area contributed by atoms with Gasteiger partial charge in [0.25, 0.3) is 0 Å². The molecule has 1 N–H and O–H groups in total. The zero-order valence-electron chi connectivity index (χ0n) is 8.03. The van der Waals surface area contributed by atoms with Crippen molar-refractivity contribution >= 4 is 5.91 Å². The molecule has 1 rings (SSSR count). The van der Waals surface area contributed by atoms with E-state index in [0.29, 0.717) is 32.7 Å². The molecule has 1 heterocycles. The Bertz CT molecular complexity index is 166. The van der Waals surface area contributed by atoms with E-state index in [2.05, 4.69) is 0 Å². The molecule has 0 saturated carbocycles. The quantitative estimate of drug-likeness (QED) is 0.669. The van der Waals surface area contributed by atoms with Crippen LogP contribution in [0.4, 0.5) is 0 Å². The Morgan fingerprint density at radius 1 is 1.54 bits per heavy atom. The van der Waals surface area contributed by atoms with Gasteiger partial charge in [0.05, 0.1) is 13.2 Å². The van der Waals surface area contributed by atoms with E-state index in [1.165, 1.54) is 0 Å². The van der Waals surface area contributed by atoms with Crippen molar-refractivity contribution in [1.29, 1.82) is 0 Å². The molecule has 0 aromatic carbocycles. The van der Waals surface area contributed by atoms with E-state index in [1.807, 2.05) is 11.8 Å². The van der Waals surface area contributed by atoms with Crippen molar-refractivity contribution < 1.29 is 14.6 Å². The van der Waals surface area contributed by atoms with Gasteiger partial charge in [-0.25, -0.2) is 0 Å². The van der Waals surface area contributed by atoms with Crippen molar-refractivity contribution in [2.24, 2.45) is 5.92 Å². The maximum Gasteiger partial charge on any atom is 0.225 e. The molecule has 13 heavy (non-hydrogen) atoms. The summed E-state index contributed by atoms with van der Waals surface area (Å²) in [6.45, 7) is 4.59. The van der Waals surface area contributed by atoms with E-state index in [4.69, 9.17) is 9.84 Å². The fourth-order valence-corrected chi connectivity index (χ4v) is 1.41. The first kappa shape index (κ1) is 10.5. The maximum atomic E-state index is 11.6. The van der Waals surface area contributed by atoms with Gasteiger partial charge in [-0.3, -0.25) is 4.79 Å². The molecule has 1 unspecified atom stereocenters. The summed E-state index contributed by atoms with van der Waals surface area (Å²) in [4.78, 5) is 13.5. The third-order valence-electron chi connectivity index (χ3n) is 2.31. The zero-order chi connectivity index (χ0) is 9.68. The van der Waals surface area contributed by atoms with Crippen LogP contribution in [0.5, 0.6) is 0 Å². The van der Waals surface area contributed by atoms with Crippen LogP contribution in [0.3, 0.4) is 0 Å². The highest BCUT2D eigenvalue weighted by Gasteiger charge is 2.21. The molecule has 1 fully saturated rings. The number of morpholine rings is 1. The second-order valence-electron chi connectivity index (χ2n) is 3.35. The van der Waals surface area contributed by atoms with Crippen LogP contribution in [0, 0.1) is 5.92 Å². The SMILES string of the molecule is CC(CCO)C(=O)N1CCOCC1. The van der Waals surface area contributed by atoms with Crippen LogP contribution in [0.2, 0.25) is 0 Å². The number of rotatable bonds is 3. The Morgan fingerprint density at radius 2 is 2.15 bits per heavy atom. The van der Waals surface area contributed by atoms with Gasteiger partial charge < -0.3 is 14.7 Å². The molecule has 1 aliphatic rings. The predicted octanol–water partition coefficient (Wildman–Crippen LogP) is -0.136. The van der Waals surface area contributed by atoms with Crippen LogP contribution in [-0.4, -0.2) is 48.8 Å². The van der Waals surface area contributed by atoms with E-state index in [1.54, 1.807) is 0 Å². The minimum atomic E-state index is -0.0666. The lowest BCUT2D eigenvalue weighted by Crippen LogP contribution is -2.43. The number of ether oxygens (including phenoxy) is 1. The Labute approximate surface area is 78.5 Å². The molecule has 0 spiro atoms. The first-order valence-electron chi connectivity index (χ1n) is 4.73. The summed E-state index contributed by atoms with van der Waals surface area (Å²) in [6, 6.07) is 0. The van der Waals surface area contributed by atoms with E-state index >= 15 is 0 Å². The largest absolute Gasteiger partial charge is 0.396 e. The van der Waals surface area contributed by atoms with Gasteiger partial charge in [-0.2, -0.15) is 0 Å². The molecular formula is C9H17NO3. The Balaban J connectivity index is 2.36. The summed E-state index contributed by atoms with van der Waals surface area (Å²) in [5.41, 5.74) is 0. The van der Waals surface area contributed by atoms with Crippen LogP contribution >= 0.6 is 0 Å². The Morgan fingerprint density at radius 3 is 2.69 bits per heavy atom. The van der Waals surface area contributed by atoms with E-state index < -0.39 is 0 Å². The third-order valence-corrected chi connectivity index (χ3v) is 2.31. The number of nitrogens with zero attached hydrogens (tertiary/aromatic N) is 1. The number of hydrogen-bond donors (Lipinski definition) is 1. The van der Waals surface area contributed by atoms with Gasteiger partial charge in [-0.15, -0.1) is 0 Å². The van der Waals surface area contributed by atoms with Crippen LogP contribution < -0.4 is 0 Å². The summed E-state index contributed by atoms with van der Waals surface area (Å²) in [5.74, 6) is 0.0699. The molecule has 4 nitrogen and oxygen atoms in total. The molecule has 1 amide bonds. The van der Waals surface area contributed by atoms with Gasteiger partial charge in [0.15, 0.2) is 0 Å². The second kappa shape index (κ2) is 5.19. The number of carbonyl (C=O) groups is 1. The van der Waals surface area contributed by atoms with Crippen LogP contribution in [0.15, 0.2) is 0 Å². The molecule has 1 aliphatic heterocycles. The second-order valence-corrected chi connectivity index (χ2v) is 3.35. The lowest BCUT2D eigenvalue weighted by atomic mass is 10.1. The van der Waals surface area contributed by atoms with Gasteiger partial charge in [0.1, 0.15) is 0 Å². The maximum absolute atomic E-state index is 11.6. The molecule has 4 heteroatoms. The molecule has 0 aliphatic carbocycles. The number of hydrogen-bond acceptors (Lipinski definition) is 3. The lowest BCUT2D eigenvalue weighted by molar-refractivity contribution is -0.139. The number of amides is 1. The van der Waals surface area contributed by atoms with E-state index in [0.717, 1.165) is 0 Å². The number of aliphatic hydroxyl groups is 1. The fraction of sp³-hybridized carbons (Fsp3) is 0.889. The van der Waals surface area contributed by atoms with E-state index in [-0.39, 0.29) is 18.4 Å².